The van der Waals surface area contributed by atoms with Crippen molar-refractivity contribution in [3.8, 4) is 11.3 Å². The summed E-state index contributed by atoms with van der Waals surface area (Å²) in [5, 5.41) is 1.13. The molecule has 2 aromatic heterocycles. The molecule has 0 atom stereocenters. The fourth-order valence-corrected chi connectivity index (χ4v) is 3.16. The molecule has 0 aliphatic heterocycles. The van der Waals surface area contributed by atoms with Gasteiger partial charge in [0, 0.05) is 30.0 Å². The van der Waals surface area contributed by atoms with Gasteiger partial charge in [0.2, 0.25) is 0 Å². The first kappa shape index (κ1) is 23.9. The van der Waals surface area contributed by atoms with E-state index in [9.17, 15) is 0 Å². The van der Waals surface area contributed by atoms with E-state index in [4.69, 9.17) is 9.82 Å². The van der Waals surface area contributed by atoms with E-state index in [2.05, 4.69) is 54.7 Å². The van der Waals surface area contributed by atoms with Gasteiger partial charge in [-0.05, 0) is 37.0 Å². The van der Waals surface area contributed by atoms with Crippen LogP contribution in [0.3, 0.4) is 0 Å². The topological polar surface area (TPSA) is 49.1 Å². The Morgan fingerprint density at radius 1 is 1.03 bits per heavy atom. The molecule has 0 amide bonds. The Morgan fingerprint density at radius 2 is 1.79 bits per heavy atom. The van der Waals surface area contributed by atoms with Crippen LogP contribution in [0.1, 0.15) is 31.5 Å². The van der Waals surface area contributed by atoms with Gasteiger partial charge in [0.15, 0.2) is 0 Å². The molecular formula is C24H26KN3O. The predicted octanol–water partition coefficient (Wildman–Crippen LogP) is 3.49. The van der Waals surface area contributed by atoms with Crippen LogP contribution in [-0.4, -0.2) is 17.1 Å². The van der Waals surface area contributed by atoms with Crippen LogP contribution in [0, 0.1) is 0 Å². The van der Waals surface area contributed by atoms with Gasteiger partial charge in [0.05, 0.1) is 11.2 Å². The van der Waals surface area contributed by atoms with E-state index in [0.29, 0.717) is 0 Å². The maximum Gasteiger partial charge on any atom is 1.00 e. The molecule has 0 aliphatic rings. The average molecular weight is 412 g/mol. The molecule has 0 aliphatic carbocycles. The fourth-order valence-electron chi connectivity index (χ4n) is 3.16. The summed E-state index contributed by atoms with van der Waals surface area (Å²) in [6.07, 6.45) is 13.1. The molecule has 4 nitrogen and oxygen atoms in total. The van der Waals surface area contributed by atoms with E-state index < -0.39 is 0 Å². The molecule has 0 fully saturated rings. The number of aromatic nitrogens is 2. The Hall–Kier alpha value is -1.34. The third kappa shape index (κ3) is 6.32. The summed E-state index contributed by atoms with van der Waals surface area (Å²) in [5.74, 6) is 0. The number of benzene rings is 1. The molecule has 3 aromatic rings. The Morgan fingerprint density at radius 3 is 2.48 bits per heavy atom. The SMILES string of the molecule is CC/C=C\C=C/Cc1cc2c(CC)nccc2nc1-c1ccc([N-]OC)cc1.[K+]. The number of nitrogens with zero attached hydrogens (tertiary/aromatic N) is 3. The molecule has 0 spiro atoms. The largest absolute Gasteiger partial charge is 1.00 e. The standard InChI is InChI=1S/C24H26N3O.K/c1-4-6-7-8-9-10-19-17-21-22(5-2)25-16-15-23(21)26-24(19)18-11-13-20(14-12-18)27-28-3;/h6-9,11-17H,4-5,10H2,1-3H3;/q-1;+1/b7-6-,9-8-;. The van der Waals surface area contributed by atoms with Gasteiger partial charge in [-0.2, -0.15) is 0 Å². The zero-order chi connectivity index (χ0) is 19.8. The van der Waals surface area contributed by atoms with Gasteiger partial charge < -0.3 is 10.3 Å². The summed E-state index contributed by atoms with van der Waals surface area (Å²) in [6.45, 7) is 4.26. The van der Waals surface area contributed by atoms with E-state index >= 15 is 0 Å². The van der Waals surface area contributed by atoms with Crippen LogP contribution in [-0.2, 0) is 17.7 Å². The molecule has 29 heavy (non-hydrogen) atoms. The number of fused-ring (bicyclic) bond motifs is 1. The molecule has 0 radical (unpaired) electrons. The summed E-state index contributed by atoms with van der Waals surface area (Å²) >= 11 is 0. The maximum absolute atomic E-state index is 4.99. The zero-order valence-corrected chi connectivity index (χ0v) is 20.8. The number of rotatable bonds is 8. The third-order valence-electron chi connectivity index (χ3n) is 4.53. The number of allylic oxidation sites excluding steroid dienone is 4. The minimum atomic E-state index is 0. The second kappa shape index (κ2) is 12.4. The Labute approximate surface area is 215 Å². The van der Waals surface area contributed by atoms with Gasteiger partial charge in [0.25, 0.3) is 0 Å². The number of pyridine rings is 2. The minimum absolute atomic E-state index is 0. The minimum Gasteiger partial charge on any atom is -0.562 e. The van der Waals surface area contributed by atoms with Crippen molar-refractivity contribution in [1.29, 1.82) is 0 Å². The number of hydrogen-bond donors (Lipinski definition) is 0. The monoisotopic (exact) mass is 411 g/mol. The molecule has 2 heterocycles. The summed E-state index contributed by atoms with van der Waals surface area (Å²) in [7, 11) is 1.55. The van der Waals surface area contributed by atoms with Crippen molar-refractivity contribution in [3.05, 3.63) is 83.6 Å². The van der Waals surface area contributed by atoms with Crippen molar-refractivity contribution in [1.82, 2.24) is 9.97 Å². The number of hydrogen-bond acceptors (Lipinski definition) is 3. The average Bonchev–Trinajstić information content (AvgIpc) is 2.73. The van der Waals surface area contributed by atoms with E-state index in [0.717, 1.165) is 52.8 Å². The van der Waals surface area contributed by atoms with E-state index in [1.807, 2.05) is 36.5 Å². The second-order valence-corrected chi connectivity index (χ2v) is 6.46. The number of aryl methyl sites for hydroxylation is 1. The van der Waals surface area contributed by atoms with Crippen molar-refractivity contribution >= 4 is 16.6 Å². The molecule has 0 N–H and O–H groups in total. The Balaban J connectivity index is 0.00000300. The summed E-state index contributed by atoms with van der Waals surface area (Å²) in [4.78, 5) is 14.4. The quantitative estimate of drug-likeness (QED) is 0.324. The molecule has 3 rings (SSSR count). The van der Waals surface area contributed by atoms with Crippen LogP contribution >= 0.6 is 0 Å². The normalized spacial score (nSPS) is 11.3. The van der Waals surface area contributed by atoms with Gasteiger partial charge in [-0.15, -0.1) is 5.69 Å². The first-order chi connectivity index (χ1) is 13.8. The second-order valence-electron chi connectivity index (χ2n) is 6.46. The molecule has 0 saturated carbocycles. The Kier molecular flexibility index (Phi) is 10.2. The van der Waals surface area contributed by atoms with Crippen LogP contribution in [0.5, 0.6) is 0 Å². The van der Waals surface area contributed by atoms with Crippen molar-refractivity contribution in [3.63, 3.8) is 0 Å². The van der Waals surface area contributed by atoms with Gasteiger partial charge in [-0.1, -0.05) is 62.4 Å². The van der Waals surface area contributed by atoms with Crippen molar-refractivity contribution in [2.45, 2.75) is 33.1 Å². The van der Waals surface area contributed by atoms with Crippen molar-refractivity contribution in [2.24, 2.45) is 0 Å². The van der Waals surface area contributed by atoms with Crippen molar-refractivity contribution < 1.29 is 56.2 Å². The molecule has 0 bridgehead atoms. The summed E-state index contributed by atoms with van der Waals surface area (Å²) in [5.41, 5.74) is 10.1. The van der Waals surface area contributed by atoms with Gasteiger partial charge >= 0.3 is 51.4 Å². The predicted molar refractivity (Wildman–Crippen MR) is 117 cm³/mol. The molecular weight excluding hydrogens is 385 g/mol. The third-order valence-corrected chi connectivity index (χ3v) is 4.53. The molecule has 144 valence electrons. The first-order valence-corrected chi connectivity index (χ1v) is 9.70. The van der Waals surface area contributed by atoms with Crippen LogP contribution in [0.15, 0.2) is 66.9 Å². The molecule has 0 unspecified atom stereocenters. The molecule has 1 aromatic carbocycles. The maximum atomic E-state index is 4.99. The van der Waals surface area contributed by atoms with E-state index in [1.165, 1.54) is 5.56 Å². The molecule has 0 saturated heterocycles. The Bertz CT molecular complexity index is 981. The van der Waals surface area contributed by atoms with Crippen LogP contribution in [0.2, 0.25) is 0 Å². The van der Waals surface area contributed by atoms with Gasteiger partial charge in [0.1, 0.15) is 0 Å². The van der Waals surface area contributed by atoms with Crippen molar-refractivity contribution in [2.75, 3.05) is 7.11 Å². The zero-order valence-electron chi connectivity index (χ0n) is 17.7. The fraction of sp³-hybridized carbons (Fsp3) is 0.250. The smallest absolute Gasteiger partial charge is 0.562 e. The first-order valence-electron chi connectivity index (χ1n) is 9.70. The summed E-state index contributed by atoms with van der Waals surface area (Å²) < 4.78 is 0. The van der Waals surface area contributed by atoms with E-state index in [-0.39, 0.29) is 51.4 Å². The summed E-state index contributed by atoms with van der Waals surface area (Å²) in [6, 6.07) is 12.2. The van der Waals surface area contributed by atoms with Crippen LogP contribution < -0.4 is 51.4 Å². The molecule has 5 heteroatoms. The van der Waals surface area contributed by atoms with Gasteiger partial charge in [-0.25, -0.2) is 4.98 Å². The van der Waals surface area contributed by atoms with Crippen LogP contribution in [0.25, 0.3) is 27.6 Å². The van der Waals surface area contributed by atoms with E-state index in [1.54, 1.807) is 7.11 Å². The van der Waals surface area contributed by atoms with Crippen LogP contribution in [0.4, 0.5) is 5.69 Å². The van der Waals surface area contributed by atoms with Gasteiger partial charge in [-0.3, -0.25) is 4.98 Å².